The summed E-state index contributed by atoms with van der Waals surface area (Å²) in [6.07, 6.45) is 1.58. The zero-order chi connectivity index (χ0) is 21.3. The molecule has 2 aliphatic rings. The van der Waals surface area contributed by atoms with Crippen molar-refractivity contribution in [3.63, 3.8) is 0 Å². The Balaban J connectivity index is 1.50. The fraction of sp³-hybridized carbons (Fsp3) is 0.100. The molecule has 0 atom stereocenters. The molecule has 0 fully saturated rings. The number of rotatable bonds is 5. The molecule has 0 aromatic heterocycles. The number of non-ortho nitro benzene ring substituents is 1. The lowest BCUT2D eigenvalue weighted by molar-refractivity contribution is -0.384. The smallest absolute Gasteiger partial charge is 0.283 e. The van der Waals surface area contributed by atoms with Crippen LogP contribution in [-0.4, -0.2) is 31.9 Å². The van der Waals surface area contributed by atoms with Crippen LogP contribution in [0.1, 0.15) is 18.1 Å². The average Bonchev–Trinajstić information content (AvgIpc) is 3.10. The highest BCUT2D eigenvalue weighted by atomic mass is 32.2. The van der Waals surface area contributed by atoms with Gasteiger partial charge in [-0.15, -0.1) is 0 Å². The van der Waals surface area contributed by atoms with Crippen molar-refractivity contribution in [1.82, 2.24) is 5.01 Å². The van der Waals surface area contributed by atoms with Gasteiger partial charge in [0.25, 0.3) is 11.6 Å². The number of hydrogen-bond acceptors (Lipinski definition) is 7. The van der Waals surface area contributed by atoms with E-state index in [0.29, 0.717) is 21.5 Å². The Labute approximate surface area is 175 Å². The standard InChI is InChI=1S/C20H15N5O4S/c1-12-23-24-18(21)17(19(26)22-20(24)30-12)10-14-3-2-4-16(9-14)29-11-13-5-7-15(8-6-13)25(27)28/h2-10,21H,11H2,1H3/b17-10-,21-18?. The maximum Gasteiger partial charge on any atom is 0.283 e. The Hall–Kier alpha value is -3.79. The number of fused-ring (bicyclic) bond motifs is 1. The first kappa shape index (κ1) is 19.5. The number of hydrogen-bond donors (Lipinski definition) is 1. The van der Waals surface area contributed by atoms with Gasteiger partial charge in [-0.2, -0.15) is 15.1 Å². The third-order valence-electron chi connectivity index (χ3n) is 4.28. The van der Waals surface area contributed by atoms with Crippen LogP contribution in [0.3, 0.4) is 0 Å². The van der Waals surface area contributed by atoms with Gasteiger partial charge in [0.05, 0.1) is 15.5 Å². The molecule has 0 bridgehead atoms. The number of carbonyl (C=O) groups excluding carboxylic acids is 1. The highest BCUT2D eigenvalue weighted by molar-refractivity contribution is 8.26. The summed E-state index contributed by atoms with van der Waals surface area (Å²) in [6, 6.07) is 13.2. The van der Waals surface area contributed by atoms with E-state index in [9.17, 15) is 14.9 Å². The number of hydrazone groups is 1. The molecule has 0 spiro atoms. The minimum atomic E-state index is -0.485. The zero-order valence-corrected chi connectivity index (χ0v) is 16.5. The third kappa shape index (κ3) is 3.98. The van der Waals surface area contributed by atoms with Crippen molar-refractivity contribution < 1.29 is 14.5 Å². The van der Waals surface area contributed by atoms with Gasteiger partial charge in [-0.1, -0.05) is 12.1 Å². The first-order chi connectivity index (χ1) is 14.4. The van der Waals surface area contributed by atoms with Crippen molar-refractivity contribution in [1.29, 1.82) is 5.41 Å². The summed E-state index contributed by atoms with van der Waals surface area (Å²) in [5.74, 6) is 0.0553. The SMILES string of the molecule is CC1=NN2C(=N)/C(=C/c3cccc(OCc4ccc([N+](=O)[O-])cc4)c3)C(=O)N=C2S1. The van der Waals surface area contributed by atoms with E-state index in [1.807, 2.05) is 0 Å². The number of carbonyl (C=O) groups is 1. The number of nitrogens with zero attached hydrogens (tertiary/aromatic N) is 4. The number of nitro benzene ring substituents is 1. The number of amidine groups is 2. The van der Waals surface area contributed by atoms with Gasteiger partial charge in [-0.3, -0.25) is 20.3 Å². The fourth-order valence-corrected chi connectivity index (χ4v) is 3.56. The highest BCUT2D eigenvalue weighted by Crippen LogP contribution is 2.28. The average molecular weight is 421 g/mol. The quantitative estimate of drug-likeness (QED) is 0.445. The van der Waals surface area contributed by atoms with Gasteiger partial charge in [0.2, 0.25) is 5.17 Å². The monoisotopic (exact) mass is 421 g/mol. The van der Waals surface area contributed by atoms with Crippen molar-refractivity contribution in [3.05, 3.63) is 75.3 Å². The molecule has 10 heteroatoms. The van der Waals surface area contributed by atoms with Crippen LogP contribution in [0, 0.1) is 15.5 Å². The maximum atomic E-state index is 12.4. The van der Waals surface area contributed by atoms with E-state index in [4.69, 9.17) is 10.1 Å². The summed E-state index contributed by atoms with van der Waals surface area (Å²) in [7, 11) is 0. The molecule has 1 amide bonds. The molecule has 2 heterocycles. The number of nitro groups is 1. The molecule has 0 saturated carbocycles. The Kier molecular flexibility index (Phi) is 5.15. The molecule has 150 valence electrons. The molecule has 0 unspecified atom stereocenters. The van der Waals surface area contributed by atoms with Gasteiger partial charge in [0.15, 0.2) is 5.84 Å². The van der Waals surface area contributed by atoms with Crippen LogP contribution in [0.2, 0.25) is 0 Å². The molecule has 2 aliphatic heterocycles. The summed E-state index contributed by atoms with van der Waals surface area (Å²) >= 11 is 1.25. The van der Waals surface area contributed by atoms with Crippen LogP contribution in [0.25, 0.3) is 6.08 Å². The Morgan fingerprint density at radius 1 is 1.27 bits per heavy atom. The molecular formula is C20H15N5O4S. The summed E-state index contributed by atoms with van der Waals surface area (Å²) in [6.45, 7) is 2.03. The van der Waals surface area contributed by atoms with E-state index in [1.54, 1.807) is 49.4 Å². The molecule has 0 radical (unpaired) electrons. The van der Waals surface area contributed by atoms with Crippen LogP contribution in [0.15, 0.2) is 64.2 Å². The minimum Gasteiger partial charge on any atom is -0.489 e. The van der Waals surface area contributed by atoms with Crippen LogP contribution >= 0.6 is 11.8 Å². The number of amides is 1. The fourth-order valence-electron chi connectivity index (χ4n) is 2.83. The number of aliphatic imine (C=N–C) groups is 1. The van der Waals surface area contributed by atoms with E-state index < -0.39 is 10.8 Å². The van der Waals surface area contributed by atoms with Crippen molar-refractivity contribution >= 4 is 45.5 Å². The predicted molar refractivity (Wildman–Crippen MR) is 115 cm³/mol. The highest BCUT2D eigenvalue weighted by Gasteiger charge is 2.34. The largest absolute Gasteiger partial charge is 0.489 e. The van der Waals surface area contributed by atoms with E-state index in [-0.39, 0.29) is 23.7 Å². The van der Waals surface area contributed by atoms with Crippen molar-refractivity contribution in [2.24, 2.45) is 10.1 Å². The lowest BCUT2D eigenvalue weighted by Crippen LogP contribution is -2.35. The van der Waals surface area contributed by atoms with Crippen molar-refractivity contribution in [3.8, 4) is 5.75 Å². The van der Waals surface area contributed by atoms with Gasteiger partial charge in [-0.05, 0) is 60.2 Å². The maximum absolute atomic E-state index is 12.4. The van der Waals surface area contributed by atoms with E-state index >= 15 is 0 Å². The zero-order valence-electron chi connectivity index (χ0n) is 15.7. The molecule has 2 aromatic rings. The second-order valence-electron chi connectivity index (χ2n) is 6.42. The Bertz CT molecular complexity index is 1150. The van der Waals surface area contributed by atoms with Crippen LogP contribution in [0.4, 0.5) is 5.69 Å². The van der Waals surface area contributed by atoms with Gasteiger partial charge >= 0.3 is 0 Å². The number of ether oxygens (including phenoxy) is 1. The molecule has 9 nitrogen and oxygen atoms in total. The Morgan fingerprint density at radius 3 is 2.77 bits per heavy atom. The van der Waals surface area contributed by atoms with Gasteiger partial charge in [0.1, 0.15) is 12.4 Å². The molecule has 0 saturated heterocycles. The summed E-state index contributed by atoms with van der Waals surface area (Å²) in [4.78, 5) is 26.6. The van der Waals surface area contributed by atoms with Gasteiger partial charge in [-0.25, -0.2) is 0 Å². The summed E-state index contributed by atoms with van der Waals surface area (Å²) < 4.78 is 5.76. The van der Waals surface area contributed by atoms with Gasteiger partial charge in [0, 0.05) is 12.1 Å². The van der Waals surface area contributed by atoms with Crippen molar-refractivity contribution in [2.75, 3.05) is 0 Å². The summed E-state index contributed by atoms with van der Waals surface area (Å²) in [5.41, 5.74) is 1.63. The normalized spacial score (nSPS) is 17.0. The van der Waals surface area contributed by atoms with E-state index in [2.05, 4.69) is 10.1 Å². The topological polar surface area (TPSA) is 121 Å². The molecule has 1 N–H and O–H groups in total. The number of thioether (sulfide) groups is 1. The number of benzene rings is 2. The van der Waals surface area contributed by atoms with Crippen LogP contribution < -0.4 is 4.74 Å². The molecule has 2 aromatic carbocycles. The first-order valence-corrected chi connectivity index (χ1v) is 9.65. The van der Waals surface area contributed by atoms with Crippen molar-refractivity contribution in [2.45, 2.75) is 13.5 Å². The minimum absolute atomic E-state index is 0.0217. The van der Waals surface area contributed by atoms with Crippen LogP contribution in [-0.2, 0) is 11.4 Å². The molecule has 0 aliphatic carbocycles. The lowest BCUT2D eigenvalue weighted by Gasteiger charge is -2.20. The van der Waals surface area contributed by atoms with E-state index in [0.717, 1.165) is 5.56 Å². The lowest BCUT2D eigenvalue weighted by atomic mass is 10.1. The number of nitrogens with one attached hydrogen (secondary N) is 1. The van der Waals surface area contributed by atoms with Crippen LogP contribution in [0.5, 0.6) is 5.75 Å². The Morgan fingerprint density at radius 2 is 2.03 bits per heavy atom. The molecular weight excluding hydrogens is 406 g/mol. The first-order valence-electron chi connectivity index (χ1n) is 8.84. The van der Waals surface area contributed by atoms with Gasteiger partial charge < -0.3 is 4.74 Å². The summed E-state index contributed by atoms with van der Waals surface area (Å²) in [5, 5.41) is 25.7. The second kappa shape index (κ2) is 7.91. The predicted octanol–water partition coefficient (Wildman–Crippen LogP) is 3.81. The second-order valence-corrected chi connectivity index (χ2v) is 7.58. The molecule has 4 rings (SSSR count). The third-order valence-corrected chi connectivity index (χ3v) is 5.10. The van der Waals surface area contributed by atoms with E-state index in [1.165, 1.54) is 28.9 Å². The molecule has 30 heavy (non-hydrogen) atoms.